The molecule has 1 unspecified atom stereocenters. The smallest absolute Gasteiger partial charge is 0.124 e. The summed E-state index contributed by atoms with van der Waals surface area (Å²) >= 11 is 0. The van der Waals surface area contributed by atoms with Gasteiger partial charge in [-0.1, -0.05) is 24.3 Å². The molecule has 0 spiro atoms. The van der Waals surface area contributed by atoms with Gasteiger partial charge in [-0.25, -0.2) is 4.39 Å². The number of rotatable bonds is 5. The molecular formula is C17H20FNO. The molecule has 0 saturated heterocycles. The Morgan fingerprint density at radius 3 is 2.70 bits per heavy atom. The summed E-state index contributed by atoms with van der Waals surface area (Å²) in [5.41, 5.74) is 3.08. The monoisotopic (exact) mass is 273 g/mol. The van der Waals surface area contributed by atoms with Crippen LogP contribution in [0.1, 0.15) is 29.7 Å². The van der Waals surface area contributed by atoms with Crippen molar-refractivity contribution in [1.82, 2.24) is 5.32 Å². The van der Waals surface area contributed by atoms with E-state index in [1.54, 1.807) is 6.07 Å². The van der Waals surface area contributed by atoms with Gasteiger partial charge in [-0.15, -0.1) is 0 Å². The Hall–Kier alpha value is -1.87. The highest BCUT2D eigenvalue weighted by Crippen LogP contribution is 2.27. The number of nitrogens with one attached hydrogen (secondary N) is 1. The molecule has 1 N–H and O–H groups in total. The highest BCUT2D eigenvalue weighted by Gasteiger charge is 2.10. The van der Waals surface area contributed by atoms with Crippen molar-refractivity contribution >= 4 is 0 Å². The zero-order chi connectivity index (χ0) is 14.5. The topological polar surface area (TPSA) is 21.3 Å². The van der Waals surface area contributed by atoms with Gasteiger partial charge in [0.15, 0.2) is 0 Å². The largest absolute Gasteiger partial charge is 0.489 e. The second kappa shape index (κ2) is 6.53. The maximum absolute atomic E-state index is 13.2. The average Bonchev–Trinajstić information content (AvgIpc) is 2.44. The van der Waals surface area contributed by atoms with Crippen molar-refractivity contribution in [2.24, 2.45) is 0 Å². The van der Waals surface area contributed by atoms with E-state index in [4.69, 9.17) is 4.74 Å². The summed E-state index contributed by atoms with van der Waals surface area (Å²) in [5.74, 6) is 0.607. The second-order valence-electron chi connectivity index (χ2n) is 4.97. The molecule has 20 heavy (non-hydrogen) atoms. The Kier molecular flexibility index (Phi) is 4.74. The molecule has 0 amide bonds. The summed E-state index contributed by atoms with van der Waals surface area (Å²) in [4.78, 5) is 0. The van der Waals surface area contributed by atoms with E-state index in [1.807, 2.05) is 26.1 Å². The molecule has 2 aromatic carbocycles. The Labute approximate surface area is 119 Å². The third kappa shape index (κ3) is 3.58. The minimum absolute atomic E-state index is 0.207. The van der Waals surface area contributed by atoms with Crippen LogP contribution in [0.4, 0.5) is 4.39 Å². The van der Waals surface area contributed by atoms with Crippen LogP contribution in [-0.2, 0) is 6.61 Å². The fraction of sp³-hybridized carbons (Fsp3) is 0.294. The Morgan fingerprint density at radius 2 is 2.00 bits per heavy atom. The summed E-state index contributed by atoms with van der Waals surface area (Å²) in [5, 5.41) is 3.21. The van der Waals surface area contributed by atoms with Gasteiger partial charge in [0.25, 0.3) is 0 Å². The molecule has 2 nitrogen and oxygen atoms in total. The molecule has 0 fully saturated rings. The summed E-state index contributed by atoms with van der Waals surface area (Å²) in [6.07, 6.45) is 0. The van der Waals surface area contributed by atoms with E-state index in [1.165, 1.54) is 12.1 Å². The van der Waals surface area contributed by atoms with Crippen molar-refractivity contribution in [3.05, 3.63) is 65.0 Å². The van der Waals surface area contributed by atoms with Crippen molar-refractivity contribution in [3.63, 3.8) is 0 Å². The lowest BCUT2D eigenvalue weighted by atomic mass is 10.1. The summed E-state index contributed by atoms with van der Waals surface area (Å²) in [6, 6.07) is 12.8. The maximum atomic E-state index is 13.2. The van der Waals surface area contributed by atoms with Crippen molar-refractivity contribution in [2.75, 3.05) is 7.05 Å². The molecule has 0 aliphatic rings. The van der Waals surface area contributed by atoms with E-state index in [-0.39, 0.29) is 11.9 Å². The molecule has 3 heteroatoms. The molecule has 0 bridgehead atoms. The molecule has 2 aromatic rings. The van der Waals surface area contributed by atoms with Gasteiger partial charge in [-0.05, 0) is 50.2 Å². The third-order valence-corrected chi connectivity index (χ3v) is 3.35. The minimum Gasteiger partial charge on any atom is -0.489 e. The molecule has 0 aromatic heterocycles. The number of benzene rings is 2. The van der Waals surface area contributed by atoms with E-state index < -0.39 is 0 Å². The fourth-order valence-corrected chi connectivity index (χ4v) is 2.07. The zero-order valence-electron chi connectivity index (χ0n) is 12.1. The predicted octanol–water partition coefficient (Wildman–Crippen LogP) is 3.99. The highest BCUT2D eigenvalue weighted by atomic mass is 19.1. The van der Waals surface area contributed by atoms with E-state index in [0.717, 1.165) is 22.4 Å². The summed E-state index contributed by atoms with van der Waals surface area (Å²) in [6.45, 7) is 4.48. The van der Waals surface area contributed by atoms with E-state index >= 15 is 0 Å². The number of halogens is 1. The van der Waals surface area contributed by atoms with Crippen LogP contribution in [0.25, 0.3) is 0 Å². The van der Waals surface area contributed by atoms with Gasteiger partial charge in [0.2, 0.25) is 0 Å². The minimum atomic E-state index is -0.237. The van der Waals surface area contributed by atoms with Crippen LogP contribution in [0, 0.1) is 12.7 Å². The normalized spacial score (nSPS) is 12.2. The van der Waals surface area contributed by atoms with Crippen LogP contribution in [-0.4, -0.2) is 7.05 Å². The Balaban J connectivity index is 2.18. The van der Waals surface area contributed by atoms with Gasteiger partial charge in [0, 0.05) is 11.6 Å². The first-order valence-electron chi connectivity index (χ1n) is 6.75. The Bertz CT molecular complexity index is 583. The highest BCUT2D eigenvalue weighted by molar-refractivity contribution is 5.39. The van der Waals surface area contributed by atoms with Gasteiger partial charge < -0.3 is 10.1 Å². The lowest BCUT2D eigenvalue weighted by Crippen LogP contribution is -2.14. The van der Waals surface area contributed by atoms with Crippen LogP contribution in [0.2, 0.25) is 0 Å². The maximum Gasteiger partial charge on any atom is 0.124 e. The average molecular weight is 273 g/mol. The number of hydrogen-bond acceptors (Lipinski definition) is 2. The number of ether oxygens (including phenoxy) is 1. The lowest BCUT2D eigenvalue weighted by Gasteiger charge is -2.17. The van der Waals surface area contributed by atoms with Gasteiger partial charge >= 0.3 is 0 Å². The first-order chi connectivity index (χ1) is 9.60. The number of hydrogen-bond donors (Lipinski definition) is 1. The van der Waals surface area contributed by atoms with Crippen LogP contribution in [0.3, 0.4) is 0 Å². The van der Waals surface area contributed by atoms with Crippen molar-refractivity contribution in [3.8, 4) is 5.75 Å². The predicted molar refractivity (Wildman–Crippen MR) is 79.4 cm³/mol. The first kappa shape index (κ1) is 14.5. The summed E-state index contributed by atoms with van der Waals surface area (Å²) < 4.78 is 19.0. The SMILES string of the molecule is CNC(C)c1ccc(C)cc1OCc1cccc(F)c1. The molecule has 0 heterocycles. The van der Waals surface area contributed by atoms with Crippen LogP contribution < -0.4 is 10.1 Å². The zero-order valence-corrected chi connectivity index (χ0v) is 12.1. The third-order valence-electron chi connectivity index (χ3n) is 3.35. The molecule has 0 aliphatic heterocycles. The molecule has 0 radical (unpaired) electrons. The van der Waals surface area contributed by atoms with E-state index in [0.29, 0.717) is 6.61 Å². The molecule has 1 atom stereocenters. The van der Waals surface area contributed by atoms with Gasteiger partial charge in [-0.2, -0.15) is 0 Å². The van der Waals surface area contributed by atoms with E-state index in [2.05, 4.69) is 24.4 Å². The molecule has 2 rings (SSSR count). The van der Waals surface area contributed by atoms with Gasteiger partial charge in [0.1, 0.15) is 18.2 Å². The molecular weight excluding hydrogens is 253 g/mol. The lowest BCUT2D eigenvalue weighted by molar-refractivity contribution is 0.299. The van der Waals surface area contributed by atoms with Crippen LogP contribution >= 0.6 is 0 Å². The van der Waals surface area contributed by atoms with E-state index in [9.17, 15) is 4.39 Å². The van der Waals surface area contributed by atoms with Crippen molar-refractivity contribution < 1.29 is 9.13 Å². The number of aryl methyl sites for hydroxylation is 1. The molecule has 0 aliphatic carbocycles. The van der Waals surface area contributed by atoms with Gasteiger partial charge in [0.05, 0.1) is 0 Å². The van der Waals surface area contributed by atoms with Crippen LogP contribution in [0.5, 0.6) is 5.75 Å². The van der Waals surface area contributed by atoms with Crippen molar-refractivity contribution in [1.29, 1.82) is 0 Å². The van der Waals surface area contributed by atoms with Crippen LogP contribution in [0.15, 0.2) is 42.5 Å². The van der Waals surface area contributed by atoms with Gasteiger partial charge in [-0.3, -0.25) is 0 Å². The second-order valence-corrected chi connectivity index (χ2v) is 4.97. The quantitative estimate of drug-likeness (QED) is 0.889. The summed E-state index contributed by atoms with van der Waals surface area (Å²) in [7, 11) is 1.92. The molecule has 0 saturated carbocycles. The standard InChI is InChI=1S/C17H20FNO/c1-12-7-8-16(13(2)19-3)17(9-12)20-11-14-5-4-6-15(18)10-14/h4-10,13,19H,11H2,1-3H3. The first-order valence-corrected chi connectivity index (χ1v) is 6.75. The fourth-order valence-electron chi connectivity index (χ4n) is 2.07. The Morgan fingerprint density at radius 1 is 1.20 bits per heavy atom. The van der Waals surface area contributed by atoms with Crippen molar-refractivity contribution in [2.45, 2.75) is 26.5 Å². The molecule has 106 valence electrons.